The fraction of sp³-hybridized carbons (Fsp3) is 0.450. The summed E-state index contributed by atoms with van der Waals surface area (Å²) >= 11 is 1.63. The van der Waals surface area contributed by atoms with E-state index in [0.29, 0.717) is 17.8 Å². The van der Waals surface area contributed by atoms with Gasteiger partial charge in [-0.05, 0) is 73.9 Å². The molecule has 4 nitrogen and oxygen atoms in total. The van der Waals surface area contributed by atoms with E-state index in [1.54, 1.807) is 11.3 Å². The van der Waals surface area contributed by atoms with Crippen molar-refractivity contribution in [3.8, 4) is 0 Å². The van der Waals surface area contributed by atoms with E-state index in [-0.39, 0.29) is 0 Å². The second kappa shape index (κ2) is 7.18. The molecule has 25 heavy (non-hydrogen) atoms. The number of thiophene rings is 1. The molecular formula is C20H26N4S. The van der Waals surface area contributed by atoms with Crippen LogP contribution in [0.2, 0.25) is 0 Å². The molecular weight excluding hydrogens is 328 g/mol. The molecule has 1 aromatic carbocycles. The van der Waals surface area contributed by atoms with Gasteiger partial charge < -0.3 is 16.4 Å². The van der Waals surface area contributed by atoms with Crippen LogP contribution in [0.25, 0.3) is 0 Å². The average Bonchev–Trinajstić information content (AvgIpc) is 3.31. The summed E-state index contributed by atoms with van der Waals surface area (Å²) in [5, 5.41) is 9.05. The Morgan fingerprint density at radius 3 is 2.80 bits per heavy atom. The van der Waals surface area contributed by atoms with E-state index < -0.39 is 0 Å². The molecule has 2 aromatic rings. The van der Waals surface area contributed by atoms with Crippen LogP contribution in [0.1, 0.15) is 42.0 Å². The second-order valence-electron chi connectivity index (χ2n) is 7.13. The van der Waals surface area contributed by atoms with Crippen LogP contribution >= 0.6 is 11.3 Å². The molecule has 2 heterocycles. The van der Waals surface area contributed by atoms with Crippen LogP contribution in [0, 0.1) is 5.92 Å². The number of hydrogen-bond donors (Lipinski definition) is 3. The zero-order valence-corrected chi connectivity index (χ0v) is 15.5. The molecule has 5 heteroatoms. The number of fused-ring (bicyclic) bond motifs is 1. The summed E-state index contributed by atoms with van der Waals surface area (Å²) in [5.41, 5.74) is 9.82. The number of amidine groups is 1. The highest BCUT2D eigenvalue weighted by Gasteiger charge is 2.32. The summed E-state index contributed by atoms with van der Waals surface area (Å²) in [5.74, 6) is 1.98. The van der Waals surface area contributed by atoms with E-state index in [4.69, 9.17) is 5.73 Å². The lowest BCUT2D eigenvalue weighted by Crippen LogP contribution is -2.32. The van der Waals surface area contributed by atoms with Crippen molar-refractivity contribution in [1.82, 2.24) is 5.32 Å². The van der Waals surface area contributed by atoms with E-state index in [1.807, 2.05) is 17.5 Å². The van der Waals surface area contributed by atoms with Crippen LogP contribution in [-0.2, 0) is 0 Å². The molecule has 0 radical (unpaired) electrons. The lowest BCUT2D eigenvalue weighted by molar-refractivity contribution is 0.272. The van der Waals surface area contributed by atoms with Gasteiger partial charge in [0, 0.05) is 24.2 Å². The number of benzene rings is 1. The van der Waals surface area contributed by atoms with Crippen LogP contribution in [0.5, 0.6) is 0 Å². The van der Waals surface area contributed by atoms with Gasteiger partial charge in [0.2, 0.25) is 0 Å². The van der Waals surface area contributed by atoms with Gasteiger partial charge in [0.15, 0.2) is 0 Å². The van der Waals surface area contributed by atoms with Crippen molar-refractivity contribution < 1.29 is 0 Å². The molecule has 1 aliphatic carbocycles. The van der Waals surface area contributed by atoms with Gasteiger partial charge in [-0.25, -0.2) is 4.99 Å². The van der Waals surface area contributed by atoms with Gasteiger partial charge in [-0.1, -0.05) is 6.07 Å². The maximum Gasteiger partial charge on any atom is 0.141 e. The van der Waals surface area contributed by atoms with Crippen molar-refractivity contribution in [2.45, 2.75) is 37.6 Å². The molecule has 4 rings (SSSR count). The molecule has 0 amide bonds. The van der Waals surface area contributed by atoms with Crippen molar-refractivity contribution in [2.75, 3.05) is 18.9 Å². The molecule has 1 fully saturated rings. The van der Waals surface area contributed by atoms with Crippen LogP contribution in [0.4, 0.5) is 11.4 Å². The van der Waals surface area contributed by atoms with E-state index in [0.717, 1.165) is 23.0 Å². The zero-order valence-electron chi connectivity index (χ0n) is 14.7. The highest BCUT2D eigenvalue weighted by Crippen LogP contribution is 2.43. The Kier molecular flexibility index (Phi) is 4.77. The Morgan fingerprint density at radius 2 is 2.08 bits per heavy atom. The Bertz CT molecular complexity index is 745. The summed E-state index contributed by atoms with van der Waals surface area (Å²) in [6.45, 7) is 1.05. The summed E-state index contributed by atoms with van der Waals surface area (Å²) in [4.78, 5) is 5.68. The fourth-order valence-electron chi connectivity index (χ4n) is 4.27. The van der Waals surface area contributed by atoms with Crippen LogP contribution < -0.4 is 16.4 Å². The molecule has 1 atom stereocenters. The Balaban J connectivity index is 1.54. The summed E-state index contributed by atoms with van der Waals surface area (Å²) in [6, 6.07) is 11.2. The zero-order chi connectivity index (χ0) is 17.2. The van der Waals surface area contributed by atoms with E-state index in [1.165, 1.54) is 36.9 Å². The Morgan fingerprint density at radius 1 is 1.24 bits per heavy atom. The minimum Gasteiger partial charge on any atom is -0.384 e. The third kappa shape index (κ3) is 3.44. The first-order valence-corrected chi connectivity index (χ1v) is 10.1. The van der Waals surface area contributed by atoms with Gasteiger partial charge in [-0.15, -0.1) is 11.3 Å². The van der Waals surface area contributed by atoms with E-state index in [2.05, 4.69) is 40.9 Å². The van der Waals surface area contributed by atoms with Crippen molar-refractivity contribution in [3.63, 3.8) is 0 Å². The molecule has 0 bridgehead atoms. The first-order valence-electron chi connectivity index (χ1n) is 9.17. The number of nitrogens with zero attached hydrogens (tertiary/aromatic N) is 1. The van der Waals surface area contributed by atoms with Crippen molar-refractivity contribution >= 4 is 28.5 Å². The molecule has 2 aliphatic rings. The van der Waals surface area contributed by atoms with Crippen LogP contribution in [0.15, 0.2) is 40.7 Å². The number of hydrogen-bond acceptors (Lipinski definition) is 4. The smallest absolute Gasteiger partial charge is 0.141 e. The molecule has 1 saturated carbocycles. The molecule has 1 unspecified atom stereocenters. The van der Waals surface area contributed by atoms with Gasteiger partial charge in [0.05, 0.1) is 10.6 Å². The lowest BCUT2D eigenvalue weighted by Gasteiger charge is -2.32. The molecule has 132 valence electrons. The minimum atomic E-state index is 0.603. The Hall–Kier alpha value is -1.85. The molecule has 1 aliphatic heterocycles. The van der Waals surface area contributed by atoms with Crippen molar-refractivity contribution in [1.29, 1.82) is 0 Å². The summed E-state index contributed by atoms with van der Waals surface area (Å²) < 4.78 is 0. The number of aliphatic imine (C=N–C) groups is 1. The van der Waals surface area contributed by atoms with Gasteiger partial charge in [-0.3, -0.25) is 0 Å². The number of anilines is 1. The summed E-state index contributed by atoms with van der Waals surface area (Å²) in [7, 11) is 2.08. The molecule has 0 spiro atoms. The number of nitrogens with one attached hydrogen (secondary N) is 2. The van der Waals surface area contributed by atoms with E-state index >= 15 is 0 Å². The molecule has 0 saturated heterocycles. The molecule has 4 N–H and O–H groups in total. The maximum absolute atomic E-state index is 6.16. The first-order chi connectivity index (χ1) is 12.2. The first kappa shape index (κ1) is 16.6. The van der Waals surface area contributed by atoms with Crippen molar-refractivity contribution in [3.05, 3.63) is 46.2 Å². The number of rotatable bonds is 4. The SMILES string of the molecule is CNC1CCC(C2CNc3ccc(N=C(N)c4cccs4)cc32)CC1. The summed E-state index contributed by atoms with van der Waals surface area (Å²) in [6.07, 6.45) is 5.19. The van der Waals surface area contributed by atoms with Crippen LogP contribution in [0.3, 0.4) is 0 Å². The average molecular weight is 355 g/mol. The molecule has 1 aromatic heterocycles. The maximum atomic E-state index is 6.16. The normalized spacial score (nSPS) is 26.3. The van der Waals surface area contributed by atoms with Gasteiger partial charge in [-0.2, -0.15) is 0 Å². The minimum absolute atomic E-state index is 0.603. The third-order valence-electron chi connectivity index (χ3n) is 5.72. The predicted octanol–water partition coefficient (Wildman–Crippen LogP) is 4.07. The second-order valence-corrected chi connectivity index (χ2v) is 8.08. The monoisotopic (exact) mass is 354 g/mol. The van der Waals surface area contributed by atoms with Gasteiger partial charge >= 0.3 is 0 Å². The predicted molar refractivity (Wildman–Crippen MR) is 107 cm³/mol. The van der Waals surface area contributed by atoms with Crippen molar-refractivity contribution in [2.24, 2.45) is 16.6 Å². The van der Waals surface area contributed by atoms with E-state index in [9.17, 15) is 0 Å². The number of nitrogens with two attached hydrogens (primary N) is 1. The van der Waals surface area contributed by atoms with Crippen LogP contribution in [-0.4, -0.2) is 25.5 Å². The Labute approximate surface area is 153 Å². The largest absolute Gasteiger partial charge is 0.384 e. The lowest BCUT2D eigenvalue weighted by atomic mass is 9.76. The third-order valence-corrected chi connectivity index (χ3v) is 6.61. The fourth-order valence-corrected chi connectivity index (χ4v) is 4.89. The quantitative estimate of drug-likeness (QED) is 0.573. The topological polar surface area (TPSA) is 62.4 Å². The van der Waals surface area contributed by atoms with Gasteiger partial charge in [0.25, 0.3) is 0 Å². The highest BCUT2D eigenvalue weighted by molar-refractivity contribution is 7.12. The standard InChI is InChI=1S/C20H26N4S/c1-22-14-6-4-13(5-7-14)17-12-23-18-9-8-15(11-16(17)18)24-20(21)19-3-2-10-25-19/h2-3,8-11,13-14,17,22-23H,4-7,12H2,1H3,(H2,21,24). The van der Waals surface area contributed by atoms with Gasteiger partial charge in [0.1, 0.15) is 5.84 Å². The highest BCUT2D eigenvalue weighted by atomic mass is 32.1.